The van der Waals surface area contributed by atoms with Gasteiger partial charge in [-0.3, -0.25) is 4.79 Å². The van der Waals surface area contributed by atoms with E-state index < -0.39 is 0 Å². The number of likely N-dealkylation sites (tertiary alicyclic amines) is 1. The number of aromatic amines is 1. The zero-order valence-electron chi connectivity index (χ0n) is 13.6. The molecule has 1 aromatic carbocycles. The highest BCUT2D eigenvalue weighted by molar-refractivity contribution is 5.97. The van der Waals surface area contributed by atoms with Crippen LogP contribution in [0.4, 0.5) is 0 Å². The number of aromatic nitrogens is 4. The Kier molecular flexibility index (Phi) is 3.72. The first-order valence-corrected chi connectivity index (χ1v) is 8.22. The molecule has 6 nitrogen and oxygen atoms in total. The van der Waals surface area contributed by atoms with Gasteiger partial charge in [-0.15, -0.1) is 0 Å². The molecule has 2 aromatic heterocycles. The predicted molar refractivity (Wildman–Crippen MR) is 90.7 cm³/mol. The molecule has 1 amide bonds. The lowest BCUT2D eigenvalue weighted by molar-refractivity contribution is 0.0706. The molecule has 1 aliphatic heterocycles. The van der Waals surface area contributed by atoms with Crippen LogP contribution in [0.5, 0.6) is 0 Å². The Balaban J connectivity index is 1.56. The molecule has 0 spiro atoms. The largest absolute Gasteiger partial charge is 0.342 e. The van der Waals surface area contributed by atoms with Gasteiger partial charge in [0.1, 0.15) is 12.2 Å². The number of piperidine rings is 1. The second-order valence-electron chi connectivity index (χ2n) is 6.28. The van der Waals surface area contributed by atoms with Gasteiger partial charge in [0.2, 0.25) is 0 Å². The molecule has 1 saturated heterocycles. The number of aryl methyl sites for hydroxylation is 1. The topological polar surface area (TPSA) is 74.8 Å². The van der Waals surface area contributed by atoms with Crippen LogP contribution in [0.1, 0.15) is 40.6 Å². The average molecular weight is 321 g/mol. The lowest BCUT2D eigenvalue weighted by atomic mass is 9.94. The second-order valence-corrected chi connectivity index (χ2v) is 6.28. The van der Waals surface area contributed by atoms with Crippen LogP contribution in [0.2, 0.25) is 0 Å². The van der Waals surface area contributed by atoms with E-state index in [0.29, 0.717) is 12.1 Å². The molecular formula is C18H19N5O. The fourth-order valence-electron chi connectivity index (χ4n) is 3.40. The third-order valence-electron chi connectivity index (χ3n) is 4.58. The summed E-state index contributed by atoms with van der Waals surface area (Å²) in [5.41, 5.74) is 3.51. The summed E-state index contributed by atoms with van der Waals surface area (Å²) >= 11 is 0. The molecule has 24 heavy (non-hydrogen) atoms. The maximum Gasteiger partial charge on any atom is 0.253 e. The Labute approximate surface area is 140 Å². The fraction of sp³-hybridized carbons (Fsp3) is 0.333. The Morgan fingerprint density at radius 3 is 3.08 bits per heavy atom. The molecule has 122 valence electrons. The third kappa shape index (κ3) is 2.75. The first kappa shape index (κ1) is 14.8. The van der Waals surface area contributed by atoms with Crippen LogP contribution in [-0.2, 0) is 0 Å². The number of nitrogens with one attached hydrogen (secondary N) is 1. The van der Waals surface area contributed by atoms with Crippen LogP contribution in [0.25, 0.3) is 11.0 Å². The van der Waals surface area contributed by atoms with E-state index in [2.05, 4.69) is 19.9 Å². The number of fused-ring (bicyclic) bond motifs is 1. The van der Waals surface area contributed by atoms with Crippen LogP contribution < -0.4 is 0 Å². The van der Waals surface area contributed by atoms with Crippen molar-refractivity contribution in [3.63, 3.8) is 0 Å². The molecule has 1 atom stereocenters. The Morgan fingerprint density at radius 2 is 2.25 bits per heavy atom. The summed E-state index contributed by atoms with van der Waals surface area (Å²) in [6, 6.07) is 7.60. The summed E-state index contributed by atoms with van der Waals surface area (Å²) in [7, 11) is 0. The molecular weight excluding hydrogens is 302 g/mol. The fourth-order valence-corrected chi connectivity index (χ4v) is 3.40. The van der Waals surface area contributed by atoms with Crippen LogP contribution in [0, 0.1) is 6.92 Å². The number of rotatable bonds is 2. The standard InChI is InChI=1S/C18H19N5O/c1-12-21-16-5-4-13(9-17(16)22-12)18(24)23-8-2-3-14(10-23)15-6-7-19-11-20-15/h4-7,9,11,14H,2-3,8,10H2,1H3,(H,21,22)/t14-/m1/s1. The average Bonchev–Trinajstić information content (AvgIpc) is 3.01. The molecule has 1 fully saturated rings. The van der Waals surface area contributed by atoms with Crippen molar-refractivity contribution in [3.05, 3.63) is 53.9 Å². The lowest BCUT2D eigenvalue weighted by Gasteiger charge is -2.32. The summed E-state index contributed by atoms with van der Waals surface area (Å²) in [6.45, 7) is 3.41. The Bertz CT molecular complexity index is 874. The molecule has 4 rings (SSSR count). The minimum Gasteiger partial charge on any atom is -0.342 e. The number of benzene rings is 1. The predicted octanol–water partition coefficient (Wildman–Crippen LogP) is 2.68. The van der Waals surface area contributed by atoms with Crippen molar-refractivity contribution in [2.75, 3.05) is 13.1 Å². The van der Waals surface area contributed by atoms with Gasteiger partial charge in [0.15, 0.2) is 0 Å². The first-order chi connectivity index (χ1) is 11.7. The van der Waals surface area contributed by atoms with E-state index >= 15 is 0 Å². The van der Waals surface area contributed by atoms with Gasteiger partial charge in [-0.1, -0.05) is 0 Å². The quantitative estimate of drug-likeness (QED) is 0.787. The monoisotopic (exact) mass is 321 g/mol. The number of hydrogen-bond donors (Lipinski definition) is 1. The van der Waals surface area contributed by atoms with E-state index in [1.165, 1.54) is 0 Å². The molecule has 0 aliphatic carbocycles. The van der Waals surface area contributed by atoms with Gasteiger partial charge in [-0.25, -0.2) is 15.0 Å². The number of hydrogen-bond acceptors (Lipinski definition) is 4. The van der Waals surface area contributed by atoms with E-state index in [4.69, 9.17) is 0 Å². The van der Waals surface area contributed by atoms with Gasteiger partial charge < -0.3 is 9.88 Å². The smallest absolute Gasteiger partial charge is 0.253 e. The third-order valence-corrected chi connectivity index (χ3v) is 4.58. The number of H-pyrrole nitrogens is 1. The zero-order chi connectivity index (χ0) is 16.5. The summed E-state index contributed by atoms with van der Waals surface area (Å²) in [5.74, 6) is 1.21. The normalized spacial score (nSPS) is 18.0. The molecule has 0 bridgehead atoms. The number of nitrogens with zero attached hydrogens (tertiary/aromatic N) is 4. The molecule has 6 heteroatoms. The summed E-state index contributed by atoms with van der Waals surface area (Å²) < 4.78 is 0. The van der Waals surface area contributed by atoms with Gasteiger partial charge >= 0.3 is 0 Å². The second kappa shape index (κ2) is 6.03. The molecule has 3 heterocycles. The summed E-state index contributed by atoms with van der Waals surface area (Å²) in [4.78, 5) is 30.7. The first-order valence-electron chi connectivity index (χ1n) is 8.22. The molecule has 0 saturated carbocycles. The van der Waals surface area contributed by atoms with Gasteiger partial charge in [-0.2, -0.15) is 0 Å². The van der Waals surface area contributed by atoms with E-state index in [1.54, 1.807) is 12.5 Å². The number of carbonyl (C=O) groups is 1. The van der Waals surface area contributed by atoms with Crippen molar-refractivity contribution >= 4 is 16.9 Å². The maximum atomic E-state index is 12.9. The molecule has 0 radical (unpaired) electrons. The molecule has 1 aliphatic rings. The summed E-state index contributed by atoms with van der Waals surface area (Å²) in [5, 5.41) is 0. The van der Waals surface area contributed by atoms with Crippen LogP contribution in [0.3, 0.4) is 0 Å². The number of imidazole rings is 1. The van der Waals surface area contributed by atoms with Crippen molar-refractivity contribution in [2.24, 2.45) is 0 Å². The minimum atomic E-state index is 0.0721. The highest BCUT2D eigenvalue weighted by atomic mass is 16.2. The van der Waals surface area contributed by atoms with E-state index in [-0.39, 0.29) is 11.8 Å². The van der Waals surface area contributed by atoms with E-state index in [9.17, 15) is 4.79 Å². The van der Waals surface area contributed by atoms with Gasteiger partial charge in [-0.05, 0) is 44.0 Å². The highest BCUT2D eigenvalue weighted by Gasteiger charge is 2.26. The number of carbonyl (C=O) groups excluding carboxylic acids is 1. The number of amides is 1. The van der Waals surface area contributed by atoms with Crippen molar-refractivity contribution in [2.45, 2.75) is 25.7 Å². The van der Waals surface area contributed by atoms with Crippen molar-refractivity contribution < 1.29 is 4.79 Å². The van der Waals surface area contributed by atoms with Crippen molar-refractivity contribution in [1.82, 2.24) is 24.8 Å². The summed E-state index contributed by atoms with van der Waals surface area (Å²) in [6.07, 6.45) is 5.38. The Hall–Kier alpha value is -2.76. The van der Waals surface area contributed by atoms with Gasteiger partial charge in [0.25, 0.3) is 5.91 Å². The van der Waals surface area contributed by atoms with E-state index in [1.807, 2.05) is 36.1 Å². The van der Waals surface area contributed by atoms with Crippen molar-refractivity contribution in [3.8, 4) is 0 Å². The molecule has 3 aromatic rings. The van der Waals surface area contributed by atoms with Crippen LogP contribution in [0.15, 0.2) is 36.8 Å². The van der Waals surface area contributed by atoms with Crippen LogP contribution in [-0.4, -0.2) is 43.8 Å². The van der Waals surface area contributed by atoms with E-state index in [0.717, 1.165) is 41.9 Å². The zero-order valence-corrected chi connectivity index (χ0v) is 13.6. The minimum absolute atomic E-state index is 0.0721. The molecule has 0 unspecified atom stereocenters. The lowest BCUT2D eigenvalue weighted by Crippen LogP contribution is -2.39. The van der Waals surface area contributed by atoms with Crippen LogP contribution >= 0.6 is 0 Å². The Morgan fingerprint density at radius 1 is 1.33 bits per heavy atom. The molecule has 1 N–H and O–H groups in total. The van der Waals surface area contributed by atoms with Crippen molar-refractivity contribution in [1.29, 1.82) is 0 Å². The SMILES string of the molecule is Cc1nc2ccc(C(=O)N3CCC[C@@H](c4ccncn4)C3)cc2[nH]1. The maximum absolute atomic E-state index is 12.9. The van der Waals surface area contributed by atoms with Gasteiger partial charge in [0, 0.05) is 36.5 Å². The highest BCUT2D eigenvalue weighted by Crippen LogP contribution is 2.26. The van der Waals surface area contributed by atoms with Gasteiger partial charge in [0.05, 0.1) is 11.0 Å².